The molecule has 1 N–H and O–H groups in total. The third-order valence-electron chi connectivity index (χ3n) is 6.25. The molecule has 3 aliphatic rings. The summed E-state index contributed by atoms with van der Waals surface area (Å²) in [5, 5.41) is 10.7. The van der Waals surface area contributed by atoms with Crippen molar-refractivity contribution in [2.24, 2.45) is 5.92 Å². The van der Waals surface area contributed by atoms with Crippen LogP contribution in [0.4, 0.5) is 0 Å². The summed E-state index contributed by atoms with van der Waals surface area (Å²) < 4.78 is 11.7. The summed E-state index contributed by atoms with van der Waals surface area (Å²) in [5.41, 5.74) is 0.915. The van der Waals surface area contributed by atoms with E-state index in [1.807, 2.05) is 6.92 Å². The molecule has 4 heteroatoms. The summed E-state index contributed by atoms with van der Waals surface area (Å²) in [6.45, 7) is 10.1. The maximum absolute atomic E-state index is 12.4. The minimum atomic E-state index is -0.827. The van der Waals surface area contributed by atoms with Crippen LogP contribution in [0.3, 0.4) is 0 Å². The molecule has 0 amide bonds. The summed E-state index contributed by atoms with van der Waals surface area (Å²) >= 11 is 0. The number of fused-ring (bicyclic) bond motifs is 4. The first-order valence-corrected chi connectivity index (χ1v) is 9.17. The fourth-order valence-electron chi connectivity index (χ4n) is 4.07. The zero-order valence-corrected chi connectivity index (χ0v) is 15.1. The minimum absolute atomic E-state index is 0.0692. The number of epoxide rings is 1. The van der Waals surface area contributed by atoms with E-state index in [4.69, 9.17) is 9.47 Å². The van der Waals surface area contributed by atoms with Crippen molar-refractivity contribution in [1.82, 2.24) is 0 Å². The molecule has 0 radical (unpaired) electrons. The standard InChI is InChI=1S/C20H30O4/c1-13-6-5-10-20(4)17(23-20)12-15-9-11-19(3,16(21)8-7-13)24-18(22)14(15)2/h6,15-17,21H,2,5,7-12H2,1,3-4H3/b13-6+/t15-,16+,17+,19-,20+/m1/s1. The summed E-state index contributed by atoms with van der Waals surface area (Å²) in [7, 11) is 0. The van der Waals surface area contributed by atoms with E-state index in [0.717, 1.165) is 32.1 Å². The van der Waals surface area contributed by atoms with Crippen LogP contribution in [0.2, 0.25) is 0 Å². The van der Waals surface area contributed by atoms with Gasteiger partial charge in [0.1, 0.15) is 5.60 Å². The number of allylic oxidation sites excluding steroid dienone is 2. The zero-order valence-electron chi connectivity index (χ0n) is 15.1. The Hall–Kier alpha value is -1.13. The Morgan fingerprint density at radius 3 is 2.75 bits per heavy atom. The number of aliphatic hydroxyl groups is 1. The van der Waals surface area contributed by atoms with Gasteiger partial charge >= 0.3 is 5.97 Å². The van der Waals surface area contributed by atoms with Crippen LogP contribution in [0.15, 0.2) is 23.8 Å². The van der Waals surface area contributed by atoms with Crippen molar-refractivity contribution in [2.75, 3.05) is 0 Å². The predicted molar refractivity (Wildman–Crippen MR) is 92.5 cm³/mol. The number of rotatable bonds is 0. The lowest BCUT2D eigenvalue weighted by atomic mass is 9.82. The maximum atomic E-state index is 12.4. The van der Waals surface area contributed by atoms with Crippen molar-refractivity contribution < 1.29 is 19.4 Å². The number of aliphatic hydroxyl groups excluding tert-OH is 1. The Bertz CT molecular complexity index is 566. The fourth-order valence-corrected chi connectivity index (χ4v) is 4.07. The minimum Gasteiger partial charge on any atom is -0.453 e. The second-order valence-corrected chi connectivity index (χ2v) is 8.26. The van der Waals surface area contributed by atoms with Gasteiger partial charge in [-0.25, -0.2) is 4.79 Å². The van der Waals surface area contributed by atoms with Gasteiger partial charge in [-0.2, -0.15) is 0 Å². The molecule has 0 unspecified atom stereocenters. The van der Waals surface area contributed by atoms with Crippen molar-refractivity contribution in [3.05, 3.63) is 23.8 Å². The normalized spacial score (nSPS) is 46.2. The zero-order chi connectivity index (χ0) is 17.5. The monoisotopic (exact) mass is 334 g/mol. The van der Waals surface area contributed by atoms with E-state index in [9.17, 15) is 9.90 Å². The lowest BCUT2D eigenvalue weighted by Crippen LogP contribution is -2.43. The summed E-state index contributed by atoms with van der Waals surface area (Å²) in [4.78, 5) is 12.4. The van der Waals surface area contributed by atoms with E-state index in [-0.39, 0.29) is 23.6 Å². The van der Waals surface area contributed by atoms with Gasteiger partial charge in [0.15, 0.2) is 0 Å². The molecule has 5 atom stereocenters. The number of esters is 1. The lowest BCUT2D eigenvalue weighted by Gasteiger charge is -2.33. The third kappa shape index (κ3) is 3.45. The van der Waals surface area contributed by atoms with Gasteiger partial charge in [0.2, 0.25) is 0 Å². The van der Waals surface area contributed by atoms with E-state index in [1.165, 1.54) is 5.57 Å². The van der Waals surface area contributed by atoms with Gasteiger partial charge in [-0.3, -0.25) is 0 Å². The molecule has 3 rings (SSSR count). The highest BCUT2D eigenvalue weighted by molar-refractivity contribution is 5.89. The van der Waals surface area contributed by atoms with E-state index < -0.39 is 11.7 Å². The first-order chi connectivity index (χ1) is 11.2. The quantitative estimate of drug-likeness (QED) is 0.318. The molecule has 2 bridgehead atoms. The smallest absolute Gasteiger partial charge is 0.334 e. The molecule has 2 heterocycles. The molecule has 134 valence electrons. The molecule has 0 saturated carbocycles. The molecule has 0 aromatic carbocycles. The Kier molecular flexibility index (Phi) is 4.65. The van der Waals surface area contributed by atoms with E-state index in [0.29, 0.717) is 18.4 Å². The molecule has 1 aliphatic carbocycles. The fraction of sp³-hybridized carbons (Fsp3) is 0.750. The van der Waals surface area contributed by atoms with Crippen LogP contribution in [0.5, 0.6) is 0 Å². The van der Waals surface area contributed by atoms with Gasteiger partial charge in [0, 0.05) is 5.57 Å². The summed E-state index contributed by atoms with van der Waals surface area (Å²) in [6, 6.07) is 0. The Labute approximate surface area is 144 Å². The largest absolute Gasteiger partial charge is 0.453 e. The molecular weight excluding hydrogens is 304 g/mol. The van der Waals surface area contributed by atoms with Gasteiger partial charge in [0.05, 0.1) is 17.8 Å². The van der Waals surface area contributed by atoms with E-state index in [2.05, 4.69) is 26.5 Å². The predicted octanol–water partition coefficient (Wildman–Crippen LogP) is 3.68. The Morgan fingerprint density at radius 2 is 2.00 bits per heavy atom. The Balaban J connectivity index is 1.85. The second-order valence-electron chi connectivity index (χ2n) is 8.26. The Morgan fingerprint density at radius 1 is 1.25 bits per heavy atom. The molecular formula is C20H30O4. The number of carbonyl (C=O) groups excluding carboxylic acids is 1. The van der Waals surface area contributed by atoms with Crippen LogP contribution in [0, 0.1) is 5.92 Å². The average Bonchev–Trinajstić information content (AvgIpc) is 3.18. The topological polar surface area (TPSA) is 59.1 Å². The van der Waals surface area contributed by atoms with Crippen LogP contribution < -0.4 is 0 Å². The van der Waals surface area contributed by atoms with Crippen LogP contribution in [0.25, 0.3) is 0 Å². The van der Waals surface area contributed by atoms with Gasteiger partial charge in [-0.15, -0.1) is 0 Å². The highest BCUT2D eigenvalue weighted by Crippen LogP contribution is 2.47. The van der Waals surface area contributed by atoms with Crippen molar-refractivity contribution in [1.29, 1.82) is 0 Å². The third-order valence-corrected chi connectivity index (χ3v) is 6.25. The second kappa shape index (κ2) is 6.30. The molecule has 0 aromatic rings. The highest BCUT2D eigenvalue weighted by atomic mass is 16.6. The van der Waals surface area contributed by atoms with E-state index in [1.54, 1.807) is 0 Å². The van der Waals surface area contributed by atoms with Crippen LogP contribution in [0.1, 0.15) is 65.7 Å². The molecule has 0 aromatic heterocycles. The van der Waals surface area contributed by atoms with E-state index >= 15 is 0 Å². The average molecular weight is 334 g/mol. The molecule has 24 heavy (non-hydrogen) atoms. The van der Waals surface area contributed by atoms with Crippen molar-refractivity contribution in [2.45, 2.75) is 89.1 Å². The van der Waals surface area contributed by atoms with Gasteiger partial charge in [-0.05, 0) is 71.6 Å². The summed E-state index contributed by atoms with van der Waals surface area (Å²) in [5.74, 6) is -0.276. The first-order valence-electron chi connectivity index (χ1n) is 9.17. The molecule has 2 saturated heterocycles. The number of hydrogen-bond acceptors (Lipinski definition) is 4. The van der Waals surface area contributed by atoms with Crippen LogP contribution in [-0.4, -0.2) is 34.5 Å². The number of carbonyl (C=O) groups is 1. The molecule has 2 aliphatic heterocycles. The molecule has 0 spiro atoms. The molecule has 2 fully saturated rings. The van der Waals surface area contributed by atoms with Crippen molar-refractivity contribution >= 4 is 5.97 Å². The SMILES string of the molecule is C=C1C(=O)O[C@]2(C)CC[C@@H]1C[C@@H]1O[C@@]1(C)CC/C=C(\C)CC[C@@H]2O. The first kappa shape index (κ1) is 17.7. The lowest BCUT2D eigenvalue weighted by molar-refractivity contribution is -0.165. The van der Waals surface area contributed by atoms with Gasteiger partial charge in [0.25, 0.3) is 0 Å². The van der Waals surface area contributed by atoms with Gasteiger partial charge < -0.3 is 14.6 Å². The van der Waals surface area contributed by atoms with Crippen molar-refractivity contribution in [3.63, 3.8) is 0 Å². The number of ether oxygens (including phenoxy) is 2. The number of hydrogen-bond donors (Lipinski definition) is 1. The van der Waals surface area contributed by atoms with Crippen LogP contribution >= 0.6 is 0 Å². The molecule has 4 nitrogen and oxygen atoms in total. The maximum Gasteiger partial charge on any atom is 0.334 e. The summed E-state index contributed by atoms with van der Waals surface area (Å²) in [6.07, 6.45) is 7.51. The van der Waals surface area contributed by atoms with Crippen LogP contribution in [-0.2, 0) is 14.3 Å². The van der Waals surface area contributed by atoms with Crippen molar-refractivity contribution in [3.8, 4) is 0 Å². The van der Waals surface area contributed by atoms with Gasteiger partial charge in [-0.1, -0.05) is 18.2 Å². The highest BCUT2D eigenvalue weighted by Gasteiger charge is 2.53.